The number of likely N-dealkylation sites (N-methyl/N-ethyl adjacent to an activating group) is 1. The Labute approximate surface area is 79.7 Å². The van der Waals surface area contributed by atoms with E-state index in [2.05, 4.69) is 4.90 Å². The average molecular weight is 185 g/mol. The highest BCUT2D eigenvalue weighted by atomic mass is 16.5. The number of rotatable bonds is 1. The van der Waals surface area contributed by atoms with Crippen LogP contribution in [0.3, 0.4) is 0 Å². The van der Waals surface area contributed by atoms with Gasteiger partial charge in [-0.15, -0.1) is 0 Å². The normalized spacial score (nSPS) is 45.2. The van der Waals surface area contributed by atoms with Crippen LogP contribution in [0, 0.1) is 11.8 Å². The molecule has 4 unspecified atom stereocenters. The predicted molar refractivity (Wildman–Crippen MR) is 50.5 cm³/mol. The molecule has 1 aliphatic carbocycles. The van der Waals surface area contributed by atoms with Gasteiger partial charge in [0.25, 0.3) is 0 Å². The minimum absolute atomic E-state index is 0.155. The van der Waals surface area contributed by atoms with Crippen LogP contribution in [0.2, 0.25) is 0 Å². The van der Waals surface area contributed by atoms with E-state index >= 15 is 0 Å². The molecule has 1 N–H and O–H groups in total. The van der Waals surface area contributed by atoms with Crippen LogP contribution in [0.15, 0.2) is 0 Å². The van der Waals surface area contributed by atoms with E-state index in [0.717, 1.165) is 26.1 Å². The number of fused-ring (bicyclic) bond motifs is 1. The van der Waals surface area contributed by atoms with Gasteiger partial charge in [0, 0.05) is 19.3 Å². The van der Waals surface area contributed by atoms with Crippen LogP contribution < -0.4 is 0 Å². The number of aliphatic hydroxyl groups is 1. The van der Waals surface area contributed by atoms with E-state index in [1.165, 1.54) is 0 Å². The number of nitrogens with zero attached hydrogens (tertiary/aromatic N) is 1. The van der Waals surface area contributed by atoms with Crippen LogP contribution in [-0.4, -0.2) is 49.5 Å². The van der Waals surface area contributed by atoms with Crippen LogP contribution in [0.25, 0.3) is 0 Å². The SMILES string of the molecule is CN(C)C1CC2COCC2CC1O. The molecule has 2 aliphatic rings. The first-order chi connectivity index (χ1) is 6.18. The van der Waals surface area contributed by atoms with Gasteiger partial charge in [-0.25, -0.2) is 0 Å². The smallest absolute Gasteiger partial charge is 0.0698 e. The molecule has 0 aromatic heterocycles. The molecule has 0 bridgehead atoms. The van der Waals surface area contributed by atoms with Gasteiger partial charge in [-0.05, 0) is 38.8 Å². The van der Waals surface area contributed by atoms with Crippen molar-refractivity contribution >= 4 is 0 Å². The van der Waals surface area contributed by atoms with Gasteiger partial charge in [0.15, 0.2) is 0 Å². The van der Waals surface area contributed by atoms with Gasteiger partial charge in [-0.2, -0.15) is 0 Å². The van der Waals surface area contributed by atoms with Gasteiger partial charge in [0.1, 0.15) is 0 Å². The van der Waals surface area contributed by atoms with Crippen LogP contribution in [0.4, 0.5) is 0 Å². The summed E-state index contributed by atoms with van der Waals surface area (Å²) in [5.74, 6) is 1.31. The second-order valence-electron chi connectivity index (χ2n) is 4.63. The Morgan fingerprint density at radius 3 is 2.38 bits per heavy atom. The lowest BCUT2D eigenvalue weighted by Gasteiger charge is -2.38. The number of ether oxygens (including phenoxy) is 1. The fourth-order valence-corrected chi connectivity index (χ4v) is 2.65. The maximum Gasteiger partial charge on any atom is 0.0698 e. The summed E-state index contributed by atoms with van der Waals surface area (Å²) >= 11 is 0. The maximum atomic E-state index is 9.89. The summed E-state index contributed by atoms with van der Waals surface area (Å²) in [5, 5.41) is 9.89. The summed E-state index contributed by atoms with van der Waals surface area (Å²) in [7, 11) is 4.09. The fourth-order valence-electron chi connectivity index (χ4n) is 2.65. The second-order valence-corrected chi connectivity index (χ2v) is 4.63. The Morgan fingerprint density at radius 2 is 1.77 bits per heavy atom. The highest BCUT2D eigenvalue weighted by molar-refractivity contribution is 4.91. The average Bonchev–Trinajstić information content (AvgIpc) is 2.48. The van der Waals surface area contributed by atoms with Crippen LogP contribution in [-0.2, 0) is 4.74 Å². The summed E-state index contributed by atoms with van der Waals surface area (Å²) in [6.07, 6.45) is 1.87. The topological polar surface area (TPSA) is 32.7 Å². The molecule has 0 spiro atoms. The minimum atomic E-state index is -0.155. The highest BCUT2D eigenvalue weighted by Gasteiger charge is 2.40. The molecule has 4 atom stereocenters. The van der Waals surface area contributed by atoms with Crippen molar-refractivity contribution in [2.75, 3.05) is 27.3 Å². The fraction of sp³-hybridized carbons (Fsp3) is 1.00. The molecule has 3 nitrogen and oxygen atoms in total. The third-order valence-electron chi connectivity index (χ3n) is 3.53. The molecule has 0 aromatic carbocycles. The molecule has 0 radical (unpaired) electrons. The predicted octanol–water partition coefficient (Wildman–Crippen LogP) is 0.334. The van der Waals surface area contributed by atoms with Gasteiger partial charge in [-0.3, -0.25) is 0 Å². The zero-order valence-corrected chi connectivity index (χ0v) is 8.44. The van der Waals surface area contributed by atoms with Crippen molar-refractivity contribution in [3.05, 3.63) is 0 Å². The van der Waals surface area contributed by atoms with E-state index in [1.54, 1.807) is 0 Å². The summed E-state index contributed by atoms with van der Waals surface area (Å²) in [5.41, 5.74) is 0. The molecule has 2 fully saturated rings. The molecule has 0 amide bonds. The van der Waals surface area contributed by atoms with Crippen LogP contribution in [0.5, 0.6) is 0 Å². The van der Waals surface area contributed by atoms with Crippen LogP contribution in [0.1, 0.15) is 12.8 Å². The molecule has 1 aliphatic heterocycles. The van der Waals surface area contributed by atoms with Gasteiger partial charge in [0.05, 0.1) is 6.10 Å². The van der Waals surface area contributed by atoms with Crippen molar-refractivity contribution in [3.63, 3.8) is 0 Å². The molecule has 1 heterocycles. The number of aliphatic hydroxyl groups excluding tert-OH is 1. The van der Waals surface area contributed by atoms with E-state index in [1.807, 2.05) is 14.1 Å². The van der Waals surface area contributed by atoms with Crippen molar-refractivity contribution in [1.82, 2.24) is 4.90 Å². The molecule has 3 heteroatoms. The Kier molecular flexibility index (Phi) is 2.58. The summed E-state index contributed by atoms with van der Waals surface area (Å²) in [6.45, 7) is 1.77. The van der Waals surface area contributed by atoms with Crippen molar-refractivity contribution in [2.45, 2.75) is 25.0 Å². The largest absolute Gasteiger partial charge is 0.391 e. The molecule has 13 heavy (non-hydrogen) atoms. The lowest BCUT2D eigenvalue weighted by Crippen LogP contribution is -2.46. The van der Waals surface area contributed by atoms with E-state index in [9.17, 15) is 5.11 Å². The quantitative estimate of drug-likeness (QED) is 0.639. The molecular weight excluding hydrogens is 166 g/mol. The highest BCUT2D eigenvalue weighted by Crippen LogP contribution is 2.36. The Morgan fingerprint density at radius 1 is 1.15 bits per heavy atom. The zero-order chi connectivity index (χ0) is 9.42. The molecular formula is C10H19NO2. The summed E-state index contributed by atoms with van der Waals surface area (Å²) in [4.78, 5) is 2.14. The molecule has 2 rings (SSSR count). The molecule has 0 aromatic rings. The summed E-state index contributed by atoms with van der Waals surface area (Å²) < 4.78 is 5.44. The standard InChI is InChI=1S/C10H19NO2/c1-11(2)9-3-7-5-13-6-8(7)4-10(9)12/h7-10,12H,3-6H2,1-2H3. The van der Waals surface area contributed by atoms with E-state index in [4.69, 9.17) is 4.74 Å². The third kappa shape index (κ3) is 1.73. The van der Waals surface area contributed by atoms with Crippen molar-refractivity contribution in [2.24, 2.45) is 11.8 Å². The molecule has 1 saturated carbocycles. The van der Waals surface area contributed by atoms with Gasteiger partial charge in [-0.1, -0.05) is 0 Å². The van der Waals surface area contributed by atoms with Gasteiger partial charge < -0.3 is 14.7 Å². The second kappa shape index (κ2) is 3.56. The van der Waals surface area contributed by atoms with E-state index < -0.39 is 0 Å². The van der Waals surface area contributed by atoms with Gasteiger partial charge >= 0.3 is 0 Å². The molecule has 76 valence electrons. The minimum Gasteiger partial charge on any atom is -0.391 e. The van der Waals surface area contributed by atoms with Crippen molar-refractivity contribution < 1.29 is 9.84 Å². The van der Waals surface area contributed by atoms with E-state index in [0.29, 0.717) is 17.9 Å². The van der Waals surface area contributed by atoms with Gasteiger partial charge in [0.2, 0.25) is 0 Å². The first-order valence-electron chi connectivity index (χ1n) is 5.10. The van der Waals surface area contributed by atoms with Crippen molar-refractivity contribution in [3.8, 4) is 0 Å². The number of hydrogen-bond donors (Lipinski definition) is 1. The maximum absolute atomic E-state index is 9.89. The Bertz CT molecular complexity index is 184. The lowest BCUT2D eigenvalue weighted by molar-refractivity contribution is 0.00938. The van der Waals surface area contributed by atoms with Crippen molar-refractivity contribution in [1.29, 1.82) is 0 Å². The third-order valence-corrected chi connectivity index (χ3v) is 3.53. The number of hydrogen-bond acceptors (Lipinski definition) is 3. The lowest BCUT2D eigenvalue weighted by atomic mass is 9.77. The van der Waals surface area contributed by atoms with Crippen LogP contribution >= 0.6 is 0 Å². The summed E-state index contributed by atoms with van der Waals surface area (Å²) in [6, 6.07) is 0.336. The molecule has 1 saturated heterocycles. The first kappa shape index (κ1) is 9.44. The monoisotopic (exact) mass is 185 g/mol. The zero-order valence-electron chi connectivity index (χ0n) is 8.44. The Balaban J connectivity index is 2.01. The Hall–Kier alpha value is -0.120. The van der Waals surface area contributed by atoms with E-state index in [-0.39, 0.29) is 6.10 Å². The first-order valence-corrected chi connectivity index (χ1v) is 5.10.